The molecule has 100 valence electrons. The third kappa shape index (κ3) is 4.40. The van der Waals surface area contributed by atoms with Gasteiger partial charge in [-0.2, -0.15) is 0 Å². The van der Waals surface area contributed by atoms with E-state index in [1.807, 2.05) is 7.05 Å². The van der Waals surface area contributed by atoms with Crippen LogP contribution in [0.5, 0.6) is 0 Å². The zero-order chi connectivity index (χ0) is 13.7. The molecule has 0 atom stereocenters. The molecule has 0 aliphatic carbocycles. The van der Waals surface area contributed by atoms with Gasteiger partial charge in [0, 0.05) is 19.1 Å². The smallest absolute Gasteiger partial charge is 0.254 e. The number of carbonyl (C=O) groups excluding carboxylic acids is 1. The van der Waals surface area contributed by atoms with Crippen LogP contribution in [0, 0.1) is 0 Å². The molecule has 1 aromatic rings. The molecule has 0 saturated heterocycles. The summed E-state index contributed by atoms with van der Waals surface area (Å²) in [6, 6.07) is 1.83. The molecule has 0 bridgehead atoms. The van der Waals surface area contributed by atoms with Crippen LogP contribution in [-0.2, 0) is 0 Å². The van der Waals surface area contributed by atoms with Crippen LogP contribution in [0.1, 0.15) is 24.2 Å². The standard InChI is InChI=1S/C11H16Cl2N4O/c1-7(2)17(3)5-4-14-11(18)8-6-9(12)15-16-10(8)13/h6-7H,4-5H2,1-3H3,(H,14,18). The summed E-state index contributed by atoms with van der Waals surface area (Å²) in [5, 5.41) is 10.1. The second-order valence-electron chi connectivity index (χ2n) is 4.20. The number of rotatable bonds is 5. The Balaban J connectivity index is 2.53. The predicted molar refractivity (Wildman–Crippen MR) is 72.2 cm³/mol. The molecule has 0 unspecified atom stereocenters. The Hall–Kier alpha value is -0.910. The van der Waals surface area contributed by atoms with Crippen molar-refractivity contribution >= 4 is 29.1 Å². The van der Waals surface area contributed by atoms with E-state index in [-0.39, 0.29) is 21.8 Å². The molecule has 5 nitrogen and oxygen atoms in total. The van der Waals surface area contributed by atoms with Crippen LogP contribution in [-0.4, -0.2) is 47.2 Å². The molecule has 18 heavy (non-hydrogen) atoms. The SMILES string of the molecule is CC(C)N(C)CCNC(=O)c1cc(Cl)nnc1Cl. The first-order chi connectivity index (χ1) is 8.41. The molecule has 1 rings (SSSR count). The van der Waals surface area contributed by atoms with Gasteiger partial charge in [0.2, 0.25) is 0 Å². The van der Waals surface area contributed by atoms with Crippen LogP contribution in [0.4, 0.5) is 0 Å². The van der Waals surface area contributed by atoms with Gasteiger partial charge in [-0.05, 0) is 27.0 Å². The van der Waals surface area contributed by atoms with Crippen molar-refractivity contribution in [3.8, 4) is 0 Å². The maximum atomic E-state index is 11.8. The van der Waals surface area contributed by atoms with Crippen molar-refractivity contribution in [2.75, 3.05) is 20.1 Å². The maximum absolute atomic E-state index is 11.8. The van der Waals surface area contributed by atoms with Crippen LogP contribution < -0.4 is 5.32 Å². The molecule has 0 fully saturated rings. The first kappa shape index (κ1) is 15.1. The van der Waals surface area contributed by atoms with Gasteiger partial charge < -0.3 is 10.2 Å². The summed E-state index contributed by atoms with van der Waals surface area (Å²) in [6.07, 6.45) is 0. The number of hydrogen-bond donors (Lipinski definition) is 1. The normalized spacial score (nSPS) is 11.1. The summed E-state index contributed by atoms with van der Waals surface area (Å²) in [6.45, 7) is 5.47. The second-order valence-corrected chi connectivity index (χ2v) is 4.95. The van der Waals surface area contributed by atoms with Crippen LogP contribution in [0.15, 0.2) is 6.07 Å². The molecule has 0 spiro atoms. The highest BCUT2D eigenvalue weighted by atomic mass is 35.5. The topological polar surface area (TPSA) is 58.1 Å². The second kappa shape index (κ2) is 6.87. The van der Waals surface area contributed by atoms with E-state index in [0.29, 0.717) is 12.6 Å². The number of halogens is 2. The van der Waals surface area contributed by atoms with E-state index in [1.165, 1.54) is 6.07 Å². The van der Waals surface area contributed by atoms with Crippen molar-refractivity contribution in [2.24, 2.45) is 0 Å². The number of likely N-dealkylation sites (N-methyl/N-ethyl adjacent to an activating group) is 1. The van der Waals surface area contributed by atoms with Gasteiger partial charge in [-0.3, -0.25) is 4.79 Å². The fourth-order valence-electron chi connectivity index (χ4n) is 1.21. The Bertz CT molecular complexity index is 426. The van der Waals surface area contributed by atoms with E-state index in [9.17, 15) is 4.79 Å². The van der Waals surface area contributed by atoms with Crippen molar-refractivity contribution in [3.63, 3.8) is 0 Å². The van der Waals surface area contributed by atoms with Crippen molar-refractivity contribution in [2.45, 2.75) is 19.9 Å². The zero-order valence-electron chi connectivity index (χ0n) is 10.6. The number of amides is 1. The van der Waals surface area contributed by atoms with Crippen molar-refractivity contribution in [1.29, 1.82) is 0 Å². The van der Waals surface area contributed by atoms with Crippen LogP contribution in [0.3, 0.4) is 0 Å². The Kier molecular flexibility index (Phi) is 5.78. The van der Waals surface area contributed by atoms with Crippen molar-refractivity contribution in [3.05, 3.63) is 21.9 Å². The molecule has 1 heterocycles. The first-order valence-corrected chi connectivity index (χ1v) is 6.34. The van der Waals surface area contributed by atoms with Crippen LogP contribution in [0.25, 0.3) is 0 Å². The third-order valence-electron chi connectivity index (χ3n) is 2.60. The number of carbonyl (C=O) groups is 1. The average molecular weight is 291 g/mol. The summed E-state index contributed by atoms with van der Waals surface area (Å²) in [4.78, 5) is 14.0. The number of hydrogen-bond acceptors (Lipinski definition) is 4. The summed E-state index contributed by atoms with van der Waals surface area (Å²) in [5.74, 6) is -0.297. The van der Waals surface area contributed by atoms with Gasteiger partial charge in [0.25, 0.3) is 5.91 Å². The van der Waals surface area contributed by atoms with Gasteiger partial charge in [0.15, 0.2) is 10.3 Å². The van der Waals surface area contributed by atoms with Crippen molar-refractivity contribution < 1.29 is 4.79 Å². The zero-order valence-corrected chi connectivity index (χ0v) is 12.1. The number of nitrogens with one attached hydrogen (secondary N) is 1. The van der Waals surface area contributed by atoms with Gasteiger partial charge in [0.05, 0.1) is 5.56 Å². The Morgan fingerprint density at radius 3 is 2.72 bits per heavy atom. The van der Waals surface area contributed by atoms with E-state index >= 15 is 0 Å². The lowest BCUT2D eigenvalue weighted by molar-refractivity contribution is 0.0947. The molecular formula is C11H16Cl2N4O. The molecule has 0 aliphatic rings. The lowest BCUT2D eigenvalue weighted by Gasteiger charge is -2.20. The molecular weight excluding hydrogens is 275 g/mol. The summed E-state index contributed by atoms with van der Waals surface area (Å²) < 4.78 is 0. The Labute approximate surface area is 116 Å². The quantitative estimate of drug-likeness (QED) is 0.899. The molecule has 0 radical (unpaired) electrons. The summed E-state index contributed by atoms with van der Waals surface area (Å²) in [5.41, 5.74) is 0.240. The molecule has 0 aliphatic heterocycles. The van der Waals surface area contributed by atoms with E-state index in [4.69, 9.17) is 23.2 Å². The summed E-state index contributed by atoms with van der Waals surface area (Å²) >= 11 is 11.4. The minimum atomic E-state index is -0.297. The molecule has 7 heteroatoms. The minimum Gasteiger partial charge on any atom is -0.351 e. The highest BCUT2D eigenvalue weighted by molar-refractivity contribution is 6.34. The van der Waals surface area contributed by atoms with E-state index in [0.717, 1.165) is 6.54 Å². The van der Waals surface area contributed by atoms with Gasteiger partial charge in [-0.1, -0.05) is 23.2 Å². The molecule has 1 N–H and O–H groups in total. The monoisotopic (exact) mass is 290 g/mol. The molecule has 1 amide bonds. The minimum absolute atomic E-state index is 0.0501. The average Bonchev–Trinajstić information content (AvgIpc) is 2.31. The molecule has 0 aromatic carbocycles. The van der Waals surface area contributed by atoms with Crippen molar-refractivity contribution in [1.82, 2.24) is 20.4 Å². The van der Waals surface area contributed by atoms with Gasteiger partial charge >= 0.3 is 0 Å². The van der Waals surface area contributed by atoms with Gasteiger partial charge in [-0.25, -0.2) is 0 Å². The Morgan fingerprint density at radius 1 is 1.44 bits per heavy atom. The molecule has 0 saturated carbocycles. The lowest BCUT2D eigenvalue weighted by Crippen LogP contribution is -2.36. The summed E-state index contributed by atoms with van der Waals surface area (Å²) in [7, 11) is 1.99. The Morgan fingerprint density at radius 2 is 2.11 bits per heavy atom. The van der Waals surface area contributed by atoms with Crippen LogP contribution >= 0.6 is 23.2 Å². The predicted octanol–water partition coefficient (Wildman–Crippen LogP) is 1.85. The van der Waals surface area contributed by atoms with Gasteiger partial charge in [-0.15, -0.1) is 10.2 Å². The van der Waals surface area contributed by atoms with Crippen LogP contribution in [0.2, 0.25) is 10.3 Å². The number of aromatic nitrogens is 2. The first-order valence-electron chi connectivity index (χ1n) is 5.59. The van der Waals surface area contributed by atoms with Gasteiger partial charge in [0.1, 0.15) is 0 Å². The maximum Gasteiger partial charge on any atom is 0.254 e. The van der Waals surface area contributed by atoms with E-state index in [2.05, 4.69) is 34.3 Å². The lowest BCUT2D eigenvalue weighted by atomic mass is 10.3. The van der Waals surface area contributed by atoms with E-state index in [1.54, 1.807) is 0 Å². The number of nitrogens with zero attached hydrogens (tertiary/aromatic N) is 3. The van der Waals surface area contributed by atoms with E-state index < -0.39 is 0 Å². The third-order valence-corrected chi connectivity index (χ3v) is 3.06. The fourth-order valence-corrected chi connectivity index (χ4v) is 1.54. The molecule has 1 aromatic heterocycles. The highest BCUT2D eigenvalue weighted by Gasteiger charge is 2.13. The highest BCUT2D eigenvalue weighted by Crippen LogP contribution is 2.14. The fraction of sp³-hybridized carbons (Fsp3) is 0.545. The largest absolute Gasteiger partial charge is 0.351 e.